The largest absolute Gasteiger partial charge is 0.354 e. The second kappa shape index (κ2) is 9.44. The highest BCUT2D eigenvalue weighted by Crippen LogP contribution is 2.30. The number of ketones is 1. The van der Waals surface area contributed by atoms with Crippen molar-refractivity contribution in [1.29, 1.82) is 0 Å². The third kappa shape index (κ3) is 5.23. The number of nitrogens with zero attached hydrogens (tertiary/aromatic N) is 3. The van der Waals surface area contributed by atoms with Crippen molar-refractivity contribution >= 4 is 38.5 Å². The van der Waals surface area contributed by atoms with Crippen LogP contribution >= 0.6 is 0 Å². The molecule has 4 aromatic rings. The van der Waals surface area contributed by atoms with E-state index in [9.17, 15) is 18.0 Å². The number of benzene rings is 2. The third-order valence-corrected chi connectivity index (χ3v) is 6.60. The van der Waals surface area contributed by atoms with E-state index in [4.69, 9.17) is 10.9 Å². The summed E-state index contributed by atoms with van der Waals surface area (Å²) in [7, 11) is -3.94. The van der Waals surface area contributed by atoms with E-state index in [1.54, 1.807) is 23.1 Å². The molecule has 2 heterocycles. The van der Waals surface area contributed by atoms with Gasteiger partial charge in [-0.05, 0) is 49.1 Å². The molecule has 4 rings (SSSR count). The van der Waals surface area contributed by atoms with Gasteiger partial charge in [-0.15, -0.1) is 6.42 Å². The molecule has 0 fully saturated rings. The van der Waals surface area contributed by atoms with Gasteiger partial charge in [-0.25, -0.2) is 8.42 Å². The van der Waals surface area contributed by atoms with Crippen molar-refractivity contribution in [2.24, 2.45) is 0 Å². The summed E-state index contributed by atoms with van der Waals surface area (Å²) in [6.45, 7) is 3.92. The SMILES string of the molecule is C#CC(=O)NCc1cnn(Cc2cc(C)c3c(NS(=O)(=O)c4ccc(C(C)=O)cc4)noc3c2)c1. The zero-order valence-corrected chi connectivity index (χ0v) is 19.7. The van der Waals surface area contributed by atoms with Crippen LogP contribution in [0, 0.1) is 19.3 Å². The standard InChI is InChI=1S/C24H21N5O5S/c1-4-22(31)25-11-18-12-26-29(14-18)13-17-9-15(2)23-21(10-17)34-27-24(23)28-35(32,33)20-7-5-19(6-8-20)16(3)30/h1,5-10,12,14H,11,13H2,2-3H3,(H,25,31)(H,27,28). The van der Waals surface area contributed by atoms with Gasteiger partial charge in [-0.1, -0.05) is 23.4 Å². The van der Waals surface area contributed by atoms with Crippen LogP contribution < -0.4 is 10.0 Å². The van der Waals surface area contributed by atoms with Gasteiger partial charge in [0.1, 0.15) is 0 Å². The zero-order chi connectivity index (χ0) is 25.2. The summed E-state index contributed by atoms with van der Waals surface area (Å²) in [4.78, 5) is 22.6. The molecule has 178 valence electrons. The maximum Gasteiger partial charge on any atom is 0.295 e. The molecule has 11 heteroatoms. The second-order valence-electron chi connectivity index (χ2n) is 7.88. The Balaban J connectivity index is 1.53. The maximum absolute atomic E-state index is 12.8. The summed E-state index contributed by atoms with van der Waals surface area (Å²) < 4.78 is 35.2. The molecule has 0 bridgehead atoms. The number of carbonyl (C=O) groups is 2. The Morgan fingerprint density at radius 3 is 2.60 bits per heavy atom. The normalized spacial score (nSPS) is 11.2. The fourth-order valence-electron chi connectivity index (χ4n) is 3.56. The van der Waals surface area contributed by atoms with E-state index in [1.807, 2.05) is 18.9 Å². The molecule has 0 atom stereocenters. The maximum atomic E-state index is 12.8. The average Bonchev–Trinajstić information content (AvgIpc) is 3.44. The number of carbonyl (C=O) groups excluding carboxylic acids is 2. The number of amides is 1. The number of hydrogen-bond acceptors (Lipinski definition) is 7. The number of Topliss-reactive ketones (excluding diaryl/α,β-unsaturated/α-hetero) is 1. The highest BCUT2D eigenvalue weighted by Gasteiger charge is 2.20. The highest BCUT2D eigenvalue weighted by atomic mass is 32.2. The van der Waals surface area contributed by atoms with Crippen LogP contribution in [0.2, 0.25) is 0 Å². The van der Waals surface area contributed by atoms with E-state index in [0.29, 0.717) is 23.1 Å². The van der Waals surface area contributed by atoms with E-state index in [1.165, 1.54) is 31.2 Å². The number of anilines is 1. The number of aromatic nitrogens is 3. The van der Waals surface area contributed by atoms with Crippen LogP contribution in [-0.2, 0) is 27.9 Å². The molecule has 0 unspecified atom stereocenters. The highest BCUT2D eigenvalue weighted by molar-refractivity contribution is 7.92. The number of terminal acetylenes is 1. The summed E-state index contributed by atoms with van der Waals surface area (Å²) in [5.41, 5.74) is 3.25. The van der Waals surface area contributed by atoms with Crippen molar-refractivity contribution in [3.63, 3.8) is 0 Å². The van der Waals surface area contributed by atoms with E-state index in [0.717, 1.165) is 16.7 Å². The Hall–Kier alpha value is -4.43. The number of hydrogen-bond donors (Lipinski definition) is 2. The van der Waals surface area contributed by atoms with Crippen molar-refractivity contribution in [2.45, 2.75) is 31.8 Å². The lowest BCUT2D eigenvalue weighted by atomic mass is 10.1. The Morgan fingerprint density at radius 1 is 1.17 bits per heavy atom. The fourth-order valence-corrected chi connectivity index (χ4v) is 4.57. The number of fused-ring (bicyclic) bond motifs is 1. The molecule has 0 saturated heterocycles. The lowest BCUT2D eigenvalue weighted by molar-refractivity contribution is -0.115. The number of sulfonamides is 1. The van der Waals surface area contributed by atoms with Crippen LogP contribution in [0.25, 0.3) is 11.0 Å². The number of rotatable bonds is 8. The molecule has 1 amide bonds. The van der Waals surface area contributed by atoms with Gasteiger partial charge < -0.3 is 9.84 Å². The molecule has 0 saturated carbocycles. The Kier molecular flexibility index (Phi) is 6.40. The first kappa shape index (κ1) is 23.7. The summed E-state index contributed by atoms with van der Waals surface area (Å²) in [6, 6.07) is 9.29. The molecule has 35 heavy (non-hydrogen) atoms. The molecular formula is C24H21N5O5S. The molecule has 0 spiro atoms. The van der Waals surface area contributed by atoms with Crippen LogP contribution in [0.5, 0.6) is 0 Å². The van der Waals surface area contributed by atoms with Crippen LogP contribution in [0.4, 0.5) is 5.82 Å². The average molecular weight is 492 g/mol. The summed E-state index contributed by atoms with van der Waals surface area (Å²) >= 11 is 0. The first-order valence-electron chi connectivity index (χ1n) is 10.4. The summed E-state index contributed by atoms with van der Waals surface area (Å²) in [5.74, 6) is 1.41. The molecule has 0 aliphatic carbocycles. The monoisotopic (exact) mass is 491 g/mol. The summed E-state index contributed by atoms with van der Waals surface area (Å²) in [5, 5.41) is 11.3. The van der Waals surface area contributed by atoms with Crippen molar-refractivity contribution in [3.05, 3.63) is 71.0 Å². The number of nitrogens with one attached hydrogen (secondary N) is 2. The van der Waals surface area contributed by atoms with Gasteiger partial charge in [-0.3, -0.25) is 19.0 Å². The minimum Gasteiger partial charge on any atom is -0.354 e. The molecule has 2 aromatic carbocycles. The van der Waals surface area contributed by atoms with Crippen LogP contribution in [-0.4, -0.2) is 35.0 Å². The smallest absolute Gasteiger partial charge is 0.295 e. The first-order chi connectivity index (χ1) is 16.7. The zero-order valence-electron chi connectivity index (χ0n) is 18.9. The molecule has 0 radical (unpaired) electrons. The second-order valence-corrected chi connectivity index (χ2v) is 9.56. The van der Waals surface area contributed by atoms with Gasteiger partial charge in [0, 0.05) is 23.9 Å². The Bertz CT molecular complexity index is 1580. The lowest BCUT2D eigenvalue weighted by Gasteiger charge is -2.08. The molecule has 0 aliphatic heterocycles. The van der Waals surface area contributed by atoms with E-state index < -0.39 is 15.9 Å². The van der Waals surface area contributed by atoms with Crippen molar-refractivity contribution < 1.29 is 22.5 Å². The molecular weight excluding hydrogens is 470 g/mol. The lowest BCUT2D eigenvalue weighted by Crippen LogP contribution is -2.20. The first-order valence-corrected chi connectivity index (χ1v) is 11.9. The summed E-state index contributed by atoms with van der Waals surface area (Å²) in [6.07, 6.45) is 8.45. The van der Waals surface area contributed by atoms with Gasteiger partial charge >= 0.3 is 0 Å². The van der Waals surface area contributed by atoms with Crippen LogP contribution in [0.15, 0.2) is 58.2 Å². The van der Waals surface area contributed by atoms with Gasteiger partial charge in [0.25, 0.3) is 15.9 Å². The van der Waals surface area contributed by atoms with Crippen LogP contribution in [0.1, 0.15) is 34.0 Å². The van der Waals surface area contributed by atoms with Crippen molar-refractivity contribution in [2.75, 3.05) is 4.72 Å². The minimum atomic E-state index is -3.94. The topological polar surface area (TPSA) is 136 Å². The Labute approximate surface area is 201 Å². The van der Waals surface area contributed by atoms with Gasteiger partial charge in [0.15, 0.2) is 17.2 Å². The van der Waals surface area contributed by atoms with Crippen molar-refractivity contribution in [3.8, 4) is 12.3 Å². The minimum absolute atomic E-state index is 0.000781. The third-order valence-electron chi connectivity index (χ3n) is 5.25. The Morgan fingerprint density at radius 2 is 1.91 bits per heavy atom. The van der Waals surface area contributed by atoms with Gasteiger partial charge in [0.2, 0.25) is 0 Å². The molecule has 2 N–H and O–H groups in total. The quantitative estimate of drug-likeness (QED) is 0.286. The molecule has 2 aromatic heterocycles. The fraction of sp³-hybridized carbons (Fsp3) is 0.167. The number of aryl methyl sites for hydroxylation is 1. The molecule has 0 aliphatic rings. The van der Waals surface area contributed by atoms with E-state index in [-0.39, 0.29) is 23.0 Å². The van der Waals surface area contributed by atoms with E-state index in [2.05, 4.69) is 20.3 Å². The van der Waals surface area contributed by atoms with Crippen LogP contribution in [0.3, 0.4) is 0 Å². The predicted molar refractivity (Wildman–Crippen MR) is 128 cm³/mol. The molecule has 10 nitrogen and oxygen atoms in total. The van der Waals surface area contributed by atoms with Gasteiger partial charge in [-0.2, -0.15) is 5.10 Å². The predicted octanol–water partition coefficient (Wildman–Crippen LogP) is 2.63. The van der Waals surface area contributed by atoms with Crippen molar-refractivity contribution in [1.82, 2.24) is 20.3 Å². The van der Waals surface area contributed by atoms with E-state index >= 15 is 0 Å². The van der Waals surface area contributed by atoms with Gasteiger partial charge in [0.05, 0.1) is 23.0 Å².